The molecular weight excluding hydrogens is 252 g/mol. The number of hydrogen-bond donors (Lipinski definition) is 1. The van der Waals surface area contributed by atoms with E-state index >= 15 is 0 Å². The van der Waals surface area contributed by atoms with Gasteiger partial charge in [0.1, 0.15) is 0 Å². The molecule has 1 fully saturated rings. The molecule has 1 heterocycles. The van der Waals surface area contributed by atoms with Gasteiger partial charge in [0, 0.05) is 26.1 Å². The number of hydrogen-bond acceptors (Lipinski definition) is 3. The van der Waals surface area contributed by atoms with Gasteiger partial charge in [-0.2, -0.15) is 0 Å². The molecular formula is C16H24N2O2. The molecule has 4 nitrogen and oxygen atoms in total. The lowest BCUT2D eigenvalue weighted by atomic mass is 10.1. The van der Waals surface area contributed by atoms with Crippen LogP contribution in [0.2, 0.25) is 0 Å². The van der Waals surface area contributed by atoms with Gasteiger partial charge in [0.05, 0.1) is 12.6 Å². The van der Waals surface area contributed by atoms with Gasteiger partial charge in [0.25, 0.3) is 0 Å². The minimum absolute atomic E-state index is 0.0829. The van der Waals surface area contributed by atoms with Crippen molar-refractivity contribution in [1.82, 2.24) is 4.90 Å². The maximum Gasteiger partial charge on any atom is 0.239 e. The van der Waals surface area contributed by atoms with Crippen LogP contribution in [0.1, 0.15) is 18.4 Å². The van der Waals surface area contributed by atoms with E-state index < -0.39 is 6.04 Å². The lowest BCUT2D eigenvalue weighted by Crippen LogP contribution is -2.43. The van der Waals surface area contributed by atoms with Gasteiger partial charge in [0.2, 0.25) is 5.91 Å². The Bertz CT molecular complexity index is 422. The second-order valence-corrected chi connectivity index (χ2v) is 5.53. The van der Waals surface area contributed by atoms with E-state index in [1.807, 2.05) is 23.1 Å². The van der Waals surface area contributed by atoms with E-state index in [0.717, 1.165) is 32.5 Å². The van der Waals surface area contributed by atoms with Crippen LogP contribution < -0.4 is 5.73 Å². The zero-order valence-electron chi connectivity index (χ0n) is 12.1. The standard InChI is InChI=1S/C16H24N2O2/c1-20-12-14-9-10-18(11-14)16(19)15(17)8-7-13-5-3-2-4-6-13/h2-6,14-15H,7-12,17H2,1H3. The van der Waals surface area contributed by atoms with Gasteiger partial charge < -0.3 is 15.4 Å². The fraction of sp³-hybridized carbons (Fsp3) is 0.562. The summed E-state index contributed by atoms with van der Waals surface area (Å²) in [5.41, 5.74) is 7.27. The third-order valence-electron chi connectivity index (χ3n) is 3.90. The number of aryl methyl sites for hydroxylation is 1. The van der Waals surface area contributed by atoms with Crippen LogP contribution in [0.4, 0.5) is 0 Å². The highest BCUT2D eigenvalue weighted by molar-refractivity contribution is 5.81. The van der Waals surface area contributed by atoms with Crippen molar-refractivity contribution in [3.05, 3.63) is 35.9 Å². The van der Waals surface area contributed by atoms with E-state index in [0.29, 0.717) is 12.3 Å². The van der Waals surface area contributed by atoms with Crippen LogP contribution in [-0.4, -0.2) is 43.7 Å². The van der Waals surface area contributed by atoms with E-state index in [-0.39, 0.29) is 5.91 Å². The van der Waals surface area contributed by atoms with Crippen LogP contribution in [-0.2, 0) is 16.0 Å². The van der Waals surface area contributed by atoms with Gasteiger partial charge in [-0.25, -0.2) is 0 Å². The van der Waals surface area contributed by atoms with Crippen molar-refractivity contribution in [2.24, 2.45) is 11.7 Å². The predicted octanol–water partition coefficient (Wildman–Crippen LogP) is 1.44. The monoisotopic (exact) mass is 276 g/mol. The van der Waals surface area contributed by atoms with Crippen molar-refractivity contribution in [1.29, 1.82) is 0 Å². The number of methoxy groups -OCH3 is 1. The maximum atomic E-state index is 12.3. The third-order valence-corrected chi connectivity index (χ3v) is 3.90. The first-order valence-corrected chi connectivity index (χ1v) is 7.28. The van der Waals surface area contributed by atoms with Crippen molar-refractivity contribution in [3.8, 4) is 0 Å². The molecule has 0 radical (unpaired) electrons. The number of nitrogens with two attached hydrogens (primary N) is 1. The zero-order valence-corrected chi connectivity index (χ0v) is 12.1. The van der Waals surface area contributed by atoms with Crippen LogP contribution in [0.3, 0.4) is 0 Å². The summed E-state index contributed by atoms with van der Waals surface area (Å²) in [6.07, 6.45) is 2.57. The first-order valence-electron chi connectivity index (χ1n) is 7.28. The summed E-state index contributed by atoms with van der Waals surface area (Å²) in [5, 5.41) is 0. The quantitative estimate of drug-likeness (QED) is 0.855. The molecule has 0 aromatic heterocycles. The number of likely N-dealkylation sites (tertiary alicyclic amines) is 1. The van der Waals surface area contributed by atoms with Crippen LogP contribution in [0.15, 0.2) is 30.3 Å². The molecule has 0 bridgehead atoms. The molecule has 110 valence electrons. The van der Waals surface area contributed by atoms with Gasteiger partial charge in [0.15, 0.2) is 0 Å². The second-order valence-electron chi connectivity index (χ2n) is 5.53. The summed E-state index contributed by atoms with van der Waals surface area (Å²) >= 11 is 0. The first-order chi connectivity index (χ1) is 9.70. The summed E-state index contributed by atoms with van der Waals surface area (Å²) in [7, 11) is 1.70. The first kappa shape index (κ1) is 15.0. The van der Waals surface area contributed by atoms with Crippen molar-refractivity contribution in [3.63, 3.8) is 0 Å². The van der Waals surface area contributed by atoms with Crippen molar-refractivity contribution in [2.75, 3.05) is 26.8 Å². The van der Waals surface area contributed by atoms with Crippen LogP contribution in [0.25, 0.3) is 0 Å². The summed E-state index contributed by atoms with van der Waals surface area (Å²) < 4.78 is 5.15. The molecule has 4 heteroatoms. The average molecular weight is 276 g/mol. The molecule has 2 atom stereocenters. The van der Waals surface area contributed by atoms with E-state index in [4.69, 9.17) is 10.5 Å². The van der Waals surface area contributed by atoms with Crippen molar-refractivity contribution in [2.45, 2.75) is 25.3 Å². The molecule has 1 aromatic rings. The molecule has 0 spiro atoms. The van der Waals surface area contributed by atoms with E-state index in [1.165, 1.54) is 5.56 Å². The minimum atomic E-state index is -0.392. The lowest BCUT2D eigenvalue weighted by Gasteiger charge is -2.21. The number of carbonyl (C=O) groups is 1. The average Bonchev–Trinajstić information content (AvgIpc) is 2.94. The molecule has 1 saturated heterocycles. The molecule has 1 aromatic carbocycles. The number of nitrogens with zero attached hydrogens (tertiary/aromatic N) is 1. The molecule has 1 amide bonds. The van der Waals surface area contributed by atoms with Crippen LogP contribution >= 0.6 is 0 Å². The fourth-order valence-electron chi connectivity index (χ4n) is 2.73. The second kappa shape index (κ2) is 7.41. The molecule has 1 aliphatic heterocycles. The third kappa shape index (κ3) is 4.05. The summed E-state index contributed by atoms with van der Waals surface area (Å²) in [4.78, 5) is 14.2. The molecule has 20 heavy (non-hydrogen) atoms. The molecule has 2 rings (SSSR count). The Morgan fingerprint density at radius 2 is 2.20 bits per heavy atom. The van der Waals surface area contributed by atoms with E-state index in [1.54, 1.807) is 7.11 Å². The van der Waals surface area contributed by atoms with Gasteiger partial charge in [-0.3, -0.25) is 4.79 Å². The highest BCUT2D eigenvalue weighted by atomic mass is 16.5. The van der Waals surface area contributed by atoms with E-state index in [2.05, 4.69) is 12.1 Å². The summed E-state index contributed by atoms with van der Waals surface area (Å²) in [5.74, 6) is 0.546. The normalized spacial score (nSPS) is 20.1. The topological polar surface area (TPSA) is 55.6 Å². The Kier molecular flexibility index (Phi) is 5.56. The molecule has 0 saturated carbocycles. The number of rotatable bonds is 6. The summed E-state index contributed by atoms with van der Waals surface area (Å²) in [6.45, 7) is 2.32. The SMILES string of the molecule is COCC1CCN(C(=O)C(N)CCc2ccccc2)C1. The van der Waals surface area contributed by atoms with Gasteiger partial charge in [-0.15, -0.1) is 0 Å². The predicted molar refractivity (Wildman–Crippen MR) is 79.3 cm³/mol. The van der Waals surface area contributed by atoms with Crippen molar-refractivity contribution >= 4 is 5.91 Å². The Labute approximate surface area is 120 Å². The summed E-state index contributed by atoms with van der Waals surface area (Å²) in [6, 6.07) is 9.77. The van der Waals surface area contributed by atoms with E-state index in [9.17, 15) is 4.79 Å². The Hall–Kier alpha value is -1.39. The Morgan fingerprint density at radius 1 is 1.45 bits per heavy atom. The maximum absolute atomic E-state index is 12.3. The van der Waals surface area contributed by atoms with Gasteiger partial charge in [-0.1, -0.05) is 30.3 Å². The number of benzene rings is 1. The zero-order chi connectivity index (χ0) is 14.4. The number of ether oxygens (including phenoxy) is 1. The number of amides is 1. The minimum Gasteiger partial charge on any atom is -0.384 e. The molecule has 0 aliphatic carbocycles. The fourth-order valence-corrected chi connectivity index (χ4v) is 2.73. The van der Waals surface area contributed by atoms with Crippen LogP contribution in [0, 0.1) is 5.92 Å². The van der Waals surface area contributed by atoms with Gasteiger partial charge in [-0.05, 0) is 24.8 Å². The van der Waals surface area contributed by atoms with Crippen LogP contribution in [0.5, 0.6) is 0 Å². The molecule has 2 N–H and O–H groups in total. The molecule has 1 aliphatic rings. The largest absolute Gasteiger partial charge is 0.384 e. The lowest BCUT2D eigenvalue weighted by molar-refractivity contribution is -0.131. The molecule has 2 unspecified atom stereocenters. The van der Waals surface area contributed by atoms with Gasteiger partial charge >= 0.3 is 0 Å². The smallest absolute Gasteiger partial charge is 0.239 e. The Balaban J connectivity index is 1.78. The highest BCUT2D eigenvalue weighted by Gasteiger charge is 2.28. The number of carbonyl (C=O) groups excluding carboxylic acids is 1. The highest BCUT2D eigenvalue weighted by Crippen LogP contribution is 2.17. The van der Waals surface area contributed by atoms with Crippen molar-refractivity contribution < 1.29 is 9.53 Å². The Morgan fingerprint density at radius 3 is 2.90 bits per heavy atom.